The van der Waals surface area contributed by atoms with Crippen LogP contribution in [0.4, 0.5) is 23.0 Å². The number of nitrogens with zero attached hydrogens (tertiary/aromatic N) is 2. The summed E-state index contributed by atoms with van der Waals surface area (Å²) in [5.41, 5.74) is 3.04. The van der Waals surface area contributed by atoms with Gasteiger partial charge < -0.3 is 20.8 Å². The lowest BCUT2D eigenvalue weighted by atomic mass is 10.2. The quantitative estimate of drug-likeness (QED) is 0.372. The van der Waals surface area contributed by atoms with Gasteiger partial charge in [0.05, 0.1) is 22.2 Å². The van der Waals surface area contributed by atoms with E-state index >= 15 is 0 Å². The first-order valence-electron chi connectivity index (χ1n) is 8.97. The summed E-state index contributed by atoms with van der Waals surface area (Å²) in [7, 11) is 0. The number of para-hydroxylation sites is 2. The largest absolute Gasteiger partial charge is 0.478 e. The second-order valence-corrected chi connectivity index (χ2v) is 6.42. The van der Waals surface area contributed by atoms with Crippen molar-refractivity contribution in [1.82, 2.24) is 9.97 Å². The van der Waals surface area contributed by atoms with Gasteiger partial charge in [0.2, 0.25) is 0 Å². The van der Waals surface area contributed by atoms with Crippen LogP contribution in [0.15, 0.2) is 72.8 Å². The van der Waals surface area contributed by atoms with Gasteiger partial charge in [-0.05, 0) is 60.7 Å². The average molecular weight is 400 g/mol. The van der Waals surface area contributed by atoms with Crippen molar-refractivity contribution < 1.29 is 19.8 Å². The topological polar surface area (TPSA) is 124 Å². The van der Waals surface area contributed by atoms with Gasteiger partial charge in [0, 0.05) is 11.4 Å². The van der Waals surface area contributed by atoms with E-state index in [-0.39, 0.29) is 11.1 Å². The maximum atomic E-state index is 11.1. The molecule has 0 radical (unpaired) electrons. The highest BCUT2D eigenvalue weighted by atomic mass is 16.4. The van der Waals surface area contributed by atoms with E-state index in [0.29, 0.717) is 34.0 Å². The third kappa shape index (κ3) is 4.02. The maximum Gasteiger partial charge on any atom is 0.335 e. The molecule has 8 heteroatoms. The SMILES string of the molecule is O=C(O)c1ccc(Nc2nc3ccccc3nc2Nc2ccc(C(=O)O)cc2)cc1. The molecule has 30 heavy (non-hydrogen) atoms. The number of nitrogens with one attached hydrogen (secondary N) is 2. The zero-order valence-corrected chi connectivity index (χ0v) is 15.5. The number of carboxylic acid groups (broad SMARTS) is 2. The molecule has 4 N–H and O–H groups in total. The van der Waals surface area contributed by atoms with E-state index in [2.05, 4.69) is 20.6 Å². The summed E-state index contributed by atoms with van der Waals surface area (Å²) in [5.74, 6) is -1.11. The van der Waals surface area contributed by atoms with E-state index in [1.54, 1.807) is 24.3 Å². The molecule has 0 aliphatic rings. The molecule has 0 atom stereocenters. The fourth-order valence-corrected chi connectivity index (χ4v) is 2.84. The van der Waals surface area contributed by atoms with Crippen LogP contribution in [-0.4, -0.2) is 32.1 Å². The average Bonchev–Trinajstić information content (AvgIpc) is 2.75. The number of hydrogen-bond donors (Lipinski definition) is 4. The highest BCUT2D eigenvalue weighted by Crippen LogP contribution is 2.28. The number of aromatic carboxylic acids is 2. The molecule has 8 nitrogen and oxygen atoms in total. The Labute approximate surface area is 170 Å². The number of anilines is 4. The lowest BCUT2D eigenvalue weighted by Crippen LogP contribution is -2.04. The third-order valence-corrected chi connectivity index (χ3v) is 4.36. The van der Waals surface area contributed by atoms with Crippen LogP contribution in [0, 0.1) is 0 Å². The number of hydrogen-bond acceptors (Lipinski definition) is 6. The predicted octanol–water partition coefficient (Wildman–Crippen LogP) is 4.51. The van der Waals surface area contributed by atoms with Crippen LogP contribution >= 0.6 is 0 Å². The zero-order valence-electron chi connectivity index (χ0n) is 15.5. The van der Waals surface area contributed by atoms with Gasteiger partial charge in [0.25, 0.3) is 0 Å². The molecule has 0 saturated carbocycles. The second-order valence-electron chi connectivity index (χ2n) is 6.42. The van der Waals surface area contributed by atoms with E-state index in [4.69, 9.17) is 10.2 Å². The summed E-state index contributed by atoms with van der Waals surface area (Å²) in [6.07, 6.45) is 0. The number of fused-ring (bicyclic) bond motifs is 1. The third-order valence-electron chi connectivity index (χ3n) is 4.36. The molecule has 1 heterocycles. The van der Waals surface area contributed by atoms with Crippen molar-refractivity contribution in [3.63, 3.8) is 0 Å². The summed E-state index contributed by atoms with van der Waals surface area (Å²) in [6.45, 7) is 0. The van der Waals surface area contributed by atoms with Crippen LogP contribution in [0.25, 0.3) is 11.0 Å². The minimum Gasteiger partial charge on any atom is -0.478 e. The molecule has 0 fully saturated rings. The fourth-order valence-electron chi connectivity index (χ4n) is 2.84. The molecule has 3 aromatic carbocycles. The van der Waals surface area contributed by atoms with E-state index in [1.807, 2.05) is 24.3 Å². The molecule has 0 unspecified atom stereocenters. The summed E-state index contributed by atoms with van der Waals surface area (Å²) >= 11 is 0. The molecule has 4 aromatic rings. The van der Waals surface area contributed by atoms with Gasteiger partial charge in [-0.3, -0.25) is 0 Å². The molecule has 0 aliphatic heterocycles. The molecule has 4 rings (SSSR count). The van der Waals surface area contributed by atoms with E-state index < -0.39 is 11.9 Å². The lowest BCUT2D eigenvalue weighted by Gasteiger charge is -2.14. The monoisotopic (exact) mass is 400 g/mol. The van der Waals surface area contributed by atoms with Crippen molar-refractivity contribution in [3.8, 4) is 0 Å². The molecular weight excluding hydrogens is 384 g/mol. The highest BCUT2D eigenvalue weighted by Gasteiger charge is 2.11. The first-order chi connectivity index (χ1) is 14.5. The van der Waals surface area contributed by atoms with E-state index in [9.17, 15) is 9.59 Å². The minimum absolute atomic E-state index is 0.182. The number of aromatic nitrogens is 2. The second kappa shape index (κ2) is 7.88. The number of benzene rings is 3. The molecule has 0 amide bonds. The first-order valence-corrected chi connectivity index (χ1v) is 8.97. The van der Waals surface area contributed by atoms with Crippen LogP contribution in [0.2, 0.25) is 0 Å². The number of rotatable bonds is 6. The van der Waals surface area contributed by atoms with Crippen LogP contribution in [-0.2, 0) is 0 Å². The van der Waals surface area contributed by atoms with Gasteiger partial charge >= 0.3 is 11.9 Å². The molecular formula is C22H16N4O4. The summed E-state index contributed by atoms with van der Waals surface area (Å²) in [6, 6.07) is 20.0. The predicted molar refractivity (Wildman–Crippen MR) is 113 cm³/mol. The Hall–Kier alpha value is -4.46. The van der Waals surface area contributed by atoms with Crippen molar-refractivity contribution in [2.24, 2.45) is 0 Å². The Bertz CT molecular complexity index is 1140. The molecule has 1 aromatic heterocycles. The van der Waals surface area contributed by atoms with Gasteiger partial charge in [0.15, 0.2) is 11.6 Å². The Morgan fingerprint density at radius 1 is 0.600 bits per heavy atom. The van der Waals surface area contributed by atoms with E-state index in [1.165, 1.54) is 24.3 Å². The van der Waals surface area contributed by atoms with Gasteiger partial charge in [-0.1, -0.05) is 12.1 Å². The van der Waals surface area contributed by atoms with Crippen LogP contribution in [0.5, 0.6) is 0 Å². The fraction of sp³-hybridized carbons (Fsp3) is 0. The zero-order chi connectivity index (χ0) is 21.1. The maximum absolute atomic E-state index is 11.1. The Morgan fingerprint density at radius 3 is 1.30 bits per heavy atom. The van der Waals surface area contributed by atoms with Crippen LogP contribution in [0.1, 0.15) is 20.7 Å². The standard InChI is InChI=1S/C22H16N4O4/c27-21(28)13-5-9-15(10-6-13)23-19-20(26-18-4-2-1-3-17(18)25-19)24-16-11-7-14(8-12-16)22(29)30/h1-12H,(H,23,25)(H,24,26)(H,27,28)(H,29,30). The molecule has 148 valence electrons. The van der Waals surface area contributed by atoms with Crippen molar-refractivity contribution in [3.05, 3.63) is 83.9 Å². The van der Waals surface area contributed by atoms with Crippen LogP contribution < -0.4 is 10.6 Å². The molecule has 0 saturated heterocycles. The normalized spacial score (nSPS) is 10.5. The van der Waals surface area contributed by atoms with Gasteiger partial charge in [0.1, 0.15) is 0 Å². The van der Waals surface area contributed by atoms with Crippen LogP contribution in [0.3, 0.4) is 0 Å². The van der Waals surface area contributed by atoms with Crippen molar-refractivity contribution in [2.75, 3.05) is 10.6 Å². The smallest absolute Gasteiger partial charge is 0.335 e. The molecule has 0 bridgehead atoms. The highest BCUT2D eigenvalue weighted by molar-refractivity contribution is 5.89. The Balaban J connectivity index is 1.69. The summed E-state index contributed by atoms with van der Waals surface area (Å²) in [4.78, 5) is 31.3. The molecule has 0 aliphatic carbocycles. The lowest BCUT2D eigenvalue weighted by molar-refractivity contribution is 0.0686. The van der Waals surface area contributed by atoms with E-state index in [0.717, 1.165) is 0 Å². The summed E-state index contributed by atoms with van der Waals surface area (Å²) < 4.78 is 0. The van der Waals surface area contributed by atoms with Crippen molar-refractivity contribution in [1.29, 1.82) is 0 Å². The molecule has 0 spiro atoms. The van der Waals surface area contributed by atoms with Crippen molar-refractivity contribution in [2.45, 2.75) is 0 Å². The van der Waals surface area contributed by atoms with Gasteiger partial charge in [-0.25, -0.2) is 19.6 Å². The Kier molecular flexibility index (Phi) is 4.96. The van der Waals surface area contributed by atoms with Crippen molar-refractivity contribution >= 4 is 46.0 Å². The van der Waals surface area contributed by atoms with Gasteiger partial charge in [-0.15, -0.1) is 0 Å². The number of carbonyl (C=O) groups is 2. The number of carboxylic acids is 2. The Morgan fingerprint density at radius 2 is 0.967 bits per heavy atom. The van der Waals surface area contributed by atoms with Gasteiger partial charge in [-0.2, -0.15) is 0 Å². The summed E-state index contributed by atoms with van der Waals surface area (Å²) in [5, 5.41) is 24.4. The minimum atomic E-state index is -1.00. The first kappa shape index (κ1) is 18.9.